The van der Waals surface area contributed by atoms with Crippen molar-refractivity contribution < 1.29 is 33.3 Å². The molecule has 0 radical (unpaired) electrons. The summed E-state index contributed by atoms with van der Waals surface area (Å²) in [7, 11) is 0. The van der Waals surface area contributed by atoms with Crippen LogP contribution in [0, 0.1) is 0 Å². The highest BCUT2D eigenvalue weighted by Gasteiger charge is 2.17. The van der Waals surface area contributed by atoms with Crippen LogP contribution in [0.1, 0.15) is 34.8 Å². The first-order valence-electron chi connectivity index (χ1n) is 8.18. The SMILES string of the molecule is C[C@H]1COC(=O)c2cccc(n2)C(=O)OC[C@H](C)OCCOCCO1. The molecule has 8 heteroatoms. The van der Waals surface area contributed by atoms with Crippen LogP contribution in [0.4, 0.5) is 0 Å². The van der Waals surface area contributed by atoms with Crippen LogP contribution >= 0.6 is 0 Å². The lowest BCUT2D eigenvalue weighted by molar-refractivity contribution is -0.0440. The van der Waals surface area contributed by atoms with Gasteiger partial charge in [0.05, 0.1) is 38.6 Å². The summed E-state index contributed by atoms with van der Waals surface area (Å²) in [6.07, 6.45) is -0.563. The van der Waals surface area contributed by atoms with E-state index in [-0.39, 0.29) is 36.8 Å². The van der Waals surface area contributed by atoms with E-state index in [2.05, 4.69) is 4.98 Å². The Bertz CT molecular complexity index is 533. The molecule has 2 atom stereocenters. The molecule has 25 heavy (non-hydrogen) atoms. The Morgan fingerprint density at radius 1 is 0.840 bits per heavy atom. The highest BCUT2D eigenvalue weighted by Crippen LogP contribution is 2.06. The average Bonchev–Trinajstić information content (AvgIpc) is 2.62. The number of rotatable bonds is 0. The summed E-state index contributed by atoms with van der Waals surface area (Å²) >= 11 is 0. The Morgan fingerprint density at radius 2 is 1.32 bits per heavy atom. The van der Waals surface area contributed by atoms with E-state index < -0.39 is 11.9 Å². The van der Waals surface area contributed by atoms with E-state index in [1.165, 1.54) is 12.1 Å². The van der Waals surface area contributed by atoms with Crippen LogP contribution in [0.25, 0.3) is 0 Å². The monoisotopic (exact) mass is 353 g/mol. The van der Waals surface area contributed by atoms with Gasteiger partial charge in [0.15, 0.2) is 0 Å². The van der Waals surface area contributed by atoms with E-state index in [9.17, 15) is 9.59 Å². The van der Waals surface area contributed by atoms with Crippen molar-refractivity contribution in [2.75, 3.05) is 39.6 Å². The molecule has 0 amide bonds. The van der Waals surface area contributed by atoms with Crippen LogP contribution in [0.5, 0.6) is 0 Å². The van der Waals surface area contributed by atoms with Gasteiger partial charge in [-0.25, -0.2) is 14.6 Å². The highest BCUT2D eigenvalue weighted by molar-refractivity contribution is 5.91. The lowest BCUT2D eigenvalue weighted by Gasteiger charge is -2.15. The largest absolute Gasteiger partial charge is 0.458 e. The van der Waals surface area contributed by atoms with Gasteiger partial charge in [-0.05, 0) is 26.0 Å². The van der Waals surface area contributed by atoms with E-state index >= 15 is 0 Å². The zero-order valence-corrected chi connectivity index (χ0v) is 14.4. The van der Waals surface area contributed by atoms with Gasteiger partial charge in [0.2, 0.25) is 0 Å². The minimum Gasteiger partial charge on any atom is -0.458 e. The number of pyridine rings is 1. The van der Waals surface area contributed by atoms with Gasteiger partial charge < -0.3 is 23.7 Å². The Labute approximate surface area is 146 Å². The summed E-state index contributed by atoms with van der Waals surface area (Å²) < 4.78 is 26.7. The molecule has 1 aromatic heterocycles. The first kappa shape index (κ1) is 19.3. The summed E-state index contributed by atoms with van der Waals surface area (Å²) in [4.78, 5) is 28.1. The zero-order chi connectivity index (χ0) is 18.1. The predicted molar refractivity (Wildman–Crippen MR) is 86.4 cm³/mol. The van der Waals surface area contributed by atoms with Crippen LogP contribution in [0.3, 0.4) is 0 Å². The van der Waals surface area contributed by atoms with Crippen molar-refractivity contribution in [2.45, 2.75) is 26.1 Å². The molecule has 2 rings (SSSR count). The number of hydrogen-bond acceptors (Lipinski definition) is 8. The number of carbonyl (C=O) groups excluding carboxylic acids is 2. The van der Waals surface area contributed by atoms with Gasteiger partial charge in [-0.2, -0.15) is 0 Å². The fourth-order valence-electron chi connectivity index (χ4n) is 2.01. The average molecular weight is 353 g/mol. The number of hydrogen-bond donors (Lipinski definition) is 0. The van der Waals surface area contributed by atoms with Crippen LogP contribution in [-0.2, 0) is 23.7 Å². The number of aromatic nitrogens is 1. The van der Waals surface area contributed by atoms with E-state index in [1.54, 1.807) is 19.9 Å². The normalized spacial score (nSPS) is 24.6. The molecule has 1 aliphatic rings. The van der Waals surface area contributed by atoms with Gasteiger partial charge in [0.25, 0.3) is 0 Å². The molecule has 138 valence electrons. The number of ether oxygens (including phenoxy) is 5. The van der Waals surface area contributed by atoms with Crippen molar-refractivity contribution >= 4 is 11.9 Å². The fourth-order valence-corrected chi connectivity index (χ4v) is 2.01. The number of cyclic esters (lactones) is 2. The van der Waals surface area contributed by atoms with Crippen molar-refractivity contribution in [3.8, 4) is 0 Å². The molecule has 0 aromatic carbocycles. The molecule has 0 saturated heterocycles. The standard InChI is InChI=1S/C17H23NO7/c1-12-10-24-16(19)14-4-3-5-15(18-14)17(20)25-11-13(2)23-9-7-21-6-8-22-12/h3-5,12-13H,6-11H2,1-2H3/t12-,13-/m0/s1. The van der Waals surface area contributed by atoms with Gasteiger partial charge in [-0.15, -0.1) is 0 Å². The van der Waals surface area contributed by atoms with Crippen molar-refractivity contribution in [3.63, 3.8) is 0 Å². The molecule has 1 aromatic rings. The predicted octanol–water partition coefficient (Wildman–Crippen LogP) is 1.24. The van der Waals surface area contributed by atoms with E-state index in [1.807, 2.05) is 0 Å². The second-order valence-electron chi connectivity index (χ2n) is 5.58. The van der Waals surface area contributed by atoms with Crippen molar-refractivity contribution in [1.29, 1.82) is 0 Å². The lowest BCUT2D eigenvalue weighted by Crippen LogP contribution is -2.24. The lowest BCUT2D eigenvalue weighted by atomic mass is 10.3. The van der Waals surface area contributed by atoms with Crippen LogP contribution in [0.2, 0.25) is 0 Å². The summed E-state index contributed by atoms with van der Waals surface area (Å²) in [5.74, 6) is -1.25. The van der Waals surface area contributed by atoms with E-state index in [0.717, 1.165) is 0 Å². The van der Waals surface area contributed by atoms with Crippen LogP contribution in [0.15, 0.2) is 18.2 Å². The van der Waals surface area contributed by atoms with Gasteiger partial charge in [-0.1, -0.05) is 6.07 Å². The summed E-state index contributed by atoms with van der Waals surface area (Å²) in [5, 5.41) is 0. The molecule has 8 nitrogen and oxygen atoms in total. The second-order valence-corrected chi connectivity index (χ2v) is 5.58. The summed E-state index contributed by atoms with van der Waals surface area (Å²) in [6, 6.07) is 4.50. The Hall–Kier alpha value is -2.03. The minimum atomic E-state index is -0.626. The van der Waals surface area contributed by atoms with Gasteiger partial charge in [0, 0.05) is 0 Å². The van der Waals surface area contributed by atoms with Gasteiger partial charge in [-0.3, -0.25) is 0 Å². The number of esters is 2. The van der Waals surface area contributed by atoms with Crippen molar-refractivity contribution in [1.82, 2.24) is 4.98 Å². The van der Waals surface area contributed by atoms with E-state index in [0.29, 0.717) is 26.4 Å². The third-order valence-corrected chi connectivity index (χ3v) is 3.33. The molecule has 2 heterocycles. The van der Waals surface area contributed by atoms with E-state index in [4.69, 9.17) is 23.7 Å². The topological polar surface area (TPSA) is 93.2 Å². The quantitative estimate of drug-likeness (QED) is 0.643. The number of fused-ring (bicyclic) bond motifs is 2. The Balaban J connectivity index is 2.04. The Kier molecular flexibility index (Phi) is 7.77. The molecule has 2 bridgehead atoms. The smallest absolute Gasteiger partial charge is 0.357 e. The minimum absolute atomic E-state index is 0.0374. The molecular formula is C17H23NO7. The maximum atomic E-state index is 12.0. The van der Waals surface area contributed by atoms with Crippen LogP contribution in [-0.4, -0.2) is 68.8 Å². The third kappa shape index (κ3) is 6.77. The number of nitrogens with zero attached hydrogens (tertiary/aromatic N) is 1. The first-order valence-corrected chi connectivity index (χ1v) is 8.18. The fraction of sp³-hybridized carbons (Fsp3) is 0.588. The molecule has 0 unspecified atom stereocenters. The molecular weight excluding hydrogens is 330 g/mol. The highest BCUT2D eigenvalue weighted by atomic mass is 16.6. The zero-order valence-electron chi connectivity index (χ0n) is 14.4. The molecule has 0 N–H and O–H groups in total. The first-order chi connectivity index (χ1) is 12.1. The second kappa shape index (κ2) is 10.1. The van der Waals surface area contributed by atoms with Crippen LogP contribution < -0.4 is 0 Å². The molecule has 0 saturated carbocycles. The van der Waals surface area contributed by atoms with Crippen molar-refractivity contribution in [3.05, 3.63) is 29.6 Å². The molecule has 1 aliphatic heterocycles. The number of carbonyl (C=O) groups is 2. The molecule has 0 spiro atoms. The third-order valence-electron chi connectivity index (χ3n) is 3.33. The summed E-state index contributed by atoms with van der Waals surface area (Å²) in [5.41, 5.74) is 0.0748. The summed E-state index contributed by atoms with van der Waals surface area (Å²) in [6.45, 7) is 5.34. The maximum Gasteiger partial charge on any atom is 0.357 e. The van der Waals surface area contributed by atoms with Crippen molar-refractivity contribution in [2.24, 2.45) is 0 Å². The van der Waals surface area contributed by atoms with Gasteiger partial charge >= 0.3 is 11.9 Å². The molecule has 0 fully saturated rings. The Morgan fingerprint density at radius 3 is 1.80 bits per heavy atom. The maximum absolute atomic E-state index is 12.0. The van der Waals surface area contributed by atoms with Gasteiger partial charge in [0.1, 0.15) is 24.6 Å². The molecule has 0 aliphatic carbocycles.